The van der Waals surface area contributed by atoms with E-state index in [1.54, 1.807) is 14.0 Å². The number of ether oxygens (including phenoxy) is 1. The minimum absolute atomic E-state index is 0. The van der Waals surface area contributed by atoms with E-state index in [-0.39, 0.29) is 29.7 Å². The average molecular weight is 498 g/mol. The number of benzene rings is 1. The number of methoxy groups -OCH3 is 1. The highest BCUT2D eigenvalue weighted by atomic mass is 127. The third-order valence-corrected chi connectivity index (χ3v) is 4.93. The Balaban J connectivity index is 0.00000625. The van der Waals surface area contributed by atoms with Crippen LogP contribution >= 0.6 is 24.0 Å². The van der Waals surface area contributed by atoms with Crippen LogP contribution in [0.5, 0.6) is 5.75 Å². The van der Waals surface area contributed by atoms with Crippen molar-refractivity contribution in [1.82, 2.24) is 15.4 Å². The molecular weight excluding hydrogens is 467 g/mol. The summed E-state index contributed by atoms with van der Waals surface area (Å²) < 4.78 is 30.6. The summed E-state index contributed by atoms with van der Waals surface area (Å²) >= 11 is 0. The van der Waals surface area contributed by atoms with E-state index in [9.17, 15) is 8.42 Å². The number of aliphatic imine (C=N–C) groups is 1. The van der Waals surface area contributed by atoms with Crippen LogP contribution in [0.1, 0.15) is 25.8 Å². The fourth-order valence-electron chi connectivity index (χ4n) is 2.17. The quantitative estimate of drug-likeness (QED) is 0.187. The maximum Gasteiger partial charge on any atom is 0.211 e. The van der Waals surface area contributed by atoms with Crippen molar-refractivity contribution >= 4 is 40.0 Å². The van der Waals surface area contributed by atoms with Crippen molar-refractivity contribution in [2.45, 2.75) is 26.7 Å². The lowest BCUT2D eigenvalue weighted by atomic mass is 10.1. The van der Waals surface area contributed by atoms with Crippen LogP contribution in [-0.4, -0.2) is 53.4 Å². The molecule has 0 radical (unpaired) electrons. The molecule has 26 heavy (non-hydrogen) atoms. The molecule has 0 aromatic heterocycles. The van der Waals surface area contributed by atoms with Crippen LogP contribution < -0.4 is 20.1 Å². The zero-order chi connectivity index (χ0) is 18.5. The van der Waals surface area contributed by atoms with Gasteiger partial charge in [0, 0.05) is 26.2 Å². The summed E-state index contributed by atoms with van der Waals surface area (Å²) in [6.45, 7) is 6.08. The van der Waals surface area contributed by atoms with Crippen molar-refractivity contribution in [2.75, 3.05) is 39.0 Å². The molecule has 0 bridgehead atoms. The molecule has 1 aromatic rings. The molecule has 150 valence electrons. The van der Waals surface area contributed by atoms with Gasteiger partial charge in [0.25, 0.3) is 0 Å². The number of nitrogens with one attached hydrogen (secondary N) is 3. The highest BCUT2D eigenvalue weighted by molar-refractivity contribution is 14.0. The molecule has 0 saturated carbocycles. The molecule has 0 spiro atoms. The molecule has 0 aliphatic rings. The molecule has 1 aromatic carbocycles. The summed E-state index contributed by atoms with van der Waals surface area (Å²) in [4.78, 5) is 4.46. The Labute approximate surface area is 174 Å². The predicted octanol–water partition coefficient (Wildman–Crippen LogP) is 1.74. The molecular formula is C17H31IN4O3S. The molecule has 9 heteroatoms. The molecule has 0 unspecified atom stereocenters. The lowest BCUT2D eigenvalue weighted by Gasteiger charge is -2.12. The molecule has 0 saturated heterocycles. The van der Waals surface area contributed by atoms with Crippen LogP contribution in [0.3, 0.4) is 0 Å². The van der Waals surface area contributed by atoms with Gasteiger partial charge in [-0.25, -0.2) is 13.1 Å². The topological polar surface area (TPSA) is 91.8 Å². The van der Waals surface area contributed by atoms with E-state index in [1.165, 1.54) is 0 Å². The summed E-state index contributed by atoms with van der Waals surface area (Å²) in [5.74, 6) is 1.72. The predicted molar refractivity (Wildman–Crippen MR) is 118 cm³/mol. The average Bonchev–Trinajstić information content (AvgIpc) is 2.61. The van der Waals surface area contributed by atoms with E-state index < -0.39 is 10.0 Å². The number of sulfonamides is 1. The Kier molecular flexibility index (Phi) is 13.5. The first kappa shape index (κ1) is 24.9. The Morgan fingerprint density at radius 1 is 1.15 bits per heavy atom. The molecule has 0 heterocycles. The van der Waals surface area contributed by atoms with Gasteiger partial charge < -0.3 is 15.4 Å². The maximum absolute atomic E-state index is 11.3. The van der Waals surface area contributed by atoms with Gasteiger partial charge in [0.2, 0.25) is 10.0 Å². The number of hydrogen-bond donors (Lipinski definition) is 3. The van der Waals surface area contributed by atoms with Crippen molar-refractivity contribution in [1.29, 1.82) is 0 Å². The summed E-state index contributed by atoms with van der Waals surface area (Å²) in [6.07, 6.45) is 1.48. The molecule has 7 nitrogen and oxygen atoms in total. The maximum atomic E-state index is 11.3. The molecule has 0 aliphatic heterocycles. The first-order valence-corrected chi connectivity index (χ1v) is 10.3. The van der Waals surface area contributed by atoms with E-state index in [1.807, 2.05) is 31.2 Å². The zero-order valence-electron chi connectivity index (χ0n) is 15.7. The third kappa shape index (κ3) is 10.2. The van der Waals surface area contributed by atoms with E-state index in [0.29, 0.717) is 19.5 Å². The second-order valence-corrected chi connectivity index (χ2v) is 7.50. The fraction of sp³-hybridized carbons (Fsp3) is 0.588. The van der Waals surface area contributed by atoms with Crippen LogP contribution in [0.25, 0.3) is 0 Å². The molecule has 1 rings (SSSR count). The Bertz CT molecular complexity index is 639. The zero-order valence-corrected chi connectivity index (χ0v) is 18.9. The van der Waals surface area contributed by atoms with Crippen LogP contribution in [-0.2, 0) is 16.4 Å². The summed E-state index contributed by atoms with van der Waals surface area (Å²) in [5.41, 5.74) is 1.14. The van der Waals surface area contributed by atoms with Crippen molar-refractivity contribution in [3.8, 4) is 5.75 Å². The van der Waals surface area contributed by atoms with Crippen molar-refractivity contribution in [2.24, 2.45) is 4.99 Å². The second-order valence-electron chi connectivity index (χ2n) is 5.40. The standard InChI is InChI=1S/C17H30N4O3S.HI/c1-4-18-17(19-12-8-13-21-25(22,23)5-2)20-14-11-15-9-6-7-10-16(15)24-3;/h6-7,9-10,21H,4-5,8,11-14H2,1-3H3,(H2,18,19,20);1H. The summed E-state index contributed by atoms with van der Waals surface area (Å²) in [6, 6.07) is 7.94. The van der Waals surface area contributed by atoms with Gasteiger partial charge in [-0.2, -0.15) is 0 Å². The first-order chi connectivity index (χ1) is 12.0. The lowest BCUT2D eigenvalue weighted by Crippen LogP contribution is -2.38. The summed E-state index contributed by atoms with van der Waals surface area (Å²) in [7, 11) is -1.45. The number of guanidine groups is 1. The van der Waals surface area contributed by atoms with Gasteiger partial charge in [-0.15, -0.1) is 24.0 Å². The van der Waals surface area contributed by atoms with E-state index in [4.69, 9.17) is 4.74 Å². The molecule has 3 N–H and O–H groups in total. The fourth-order valence-corrected chi connectivity index (χ4v) is 2.83. The second kappa shape index (κ2) is 14.0. The lowest BCUT2D eigenvalue weighted by molar-refractivity contribution is 0.409. The van der Waals surface area contributed by atoms with E-state index in [2.05, 4.69) is 20.3 Å². The van der Waals surface area contributed by atoms with Crippen molar-refractivity contribution in [3.63, 3.8) is 0 Å². The van der Waals surface area contributed by atoms with Gasteiger partial charge in [0.15, 0.2) is 5.96 Å². The smallest absolute Gasteiger partial charge is 0.211 e. The largest absolute Gasteiger partial charge is 0.496 e. The Morgan fingerprint density at radius 3 is 2.54 bits per heavy atom. The normalized spacial score (nSPS) is 11.6. The Hall–Kier alpha value is -1.07. The number of nitrogens with zero attached hydrogens (tertiary/aromatic N) is 1. The van der Waals surface area contributed by atoms with Gasteiger partial charge in [0.05, 0.1) is 12.9 Å². The SMILES string of the molecule is CCNC(=NCCCNS(=O)(=O)CC)NCCc1ccccc1OC.I. The number of halogens is 1. The summed E-state index contributed by atoms with van der Waals surface area (Å²) in [5, 5.41) is 6.47. The number of para-hydroxylation sites is 1. The van der Waals surface area contributed by atoms with Crippen LogP contribution in [0, 0.1) is 0 Å². The van der Waals surface area contributed by atoms with Gasteiger partial charge in [-0.3, -0.25) is 4.99 Å². The first-order valence-electron chi connectivity index (χ1n) is 8.63. The van der Waals surface area contributed by atoms with E-state index >= 15 is 0 Å². The van der Waals surface area contributed by atoms with Crippen LogP contribution in [0.15, 0.2) is 29.3 Å². The van der Waals surface area contributed by atoms with Crippen LogP contribution in [0.4, 0.5) is 0 Å². The molecule has 0 aliphatic carbocycles. The van der Waals surface area contributed by atoms with Crippen LogP contribution in [0.2, 0.25) is 0 Å². The van der Waals surface area contributed by atoms with Crippen molar-refractivity contribution < 1.29 is 13.2 Å². The van der Waals surface area contributed by atoms with Crippen molar-refractivity contribution in [3.05, 3.63) is 29.8 Å². The highest BCUT2D eigenvalue weighted by Gasteiger charge is 2.05. The van der Waals surface area contributed by atoms with Gasteiger partial charge in [0.1, 0.15) is 5.75 Å². The minimum atomic E-state index is -3.12. The minimum Gasteiger partial charge on any atom is -0.496 e. The molecule has 0 amide bonds. The van der Waals surface area contributed by atoms with Gasteiger partial charge >= 0.3 is 0 Å². The monoisotopic (exact) mass is 498 g/mol. The highest BCUT2D eigenvalue weighted by Crippen LogP contribution is 2.17. The Morgan fingerprint density at radius 2 is 1.88 bits per heavy atom. The number of hydrogen-bond acceptors (Lipinski definition) is 4. The van der Waals surface area contributed by atoms with Gasteiger partial charge in [-0.05, 0) is 38.3 Å². The van der Waals surface area contributed by atoms with Gasteiger partial charge in [-0.1, -0.05) is 18.2 Å². The van der Waals surface area contributed by atoms with E-state index in [0.717, 1.165) is 36.8 Å². The molecule has 0 fully saturated rings. The number of rotatable bonds is 11. The third-order valence-electron chi connectivity index (χ3n) is 3.53. The molecule has 0 atom stereocenters.